The number of aldehydes is 1. The van der Waals surface area contributed by atoms with Crippen LogP contribution in [-0.4, -0.2) is 53.9 Å². The Morgan fingerprint density at radius 1 is 0.972 bits per heavy atom. The Kier molecular flexibility index (Phi) is 8.05. The summed E-state index contributed by atoms with van der Waals surface area (Å²) in [7, 11) is 1.96. The third-order valence-corrected chi connectivity index (χ3v) is 6.07. The van der Waals surface area contributed by atoms with E-state index in [9.17, 15) is 14.7 Å². The van der Waals surface area contributed by atoms with Gasteiger partial charge in [-0.1, -0.05) is 72.8 Å². The highest BCUT2D eigenvalue weighted by Gasteiger charge is 2.38. The molecule has 0 aliphatic heterocycles. The maximum atomic E-state index is 12.3. The Hall–Kier alpha value is -4.07. The Bertz CT molecular complexity index is 1230. The quantitative estimate of drug-likeness (QED) is 0.316. The van der Waals surface area contributed by atoms with Gasteiger partial charge in [-0.2, -0.15) is 0 Å². The van der Waals surface area contributed by atoms with Crippen LogP contribution in [0.2, 0.25) is 0 Å². The summed E-state index contributed by atoms with van der Waals surface area (Å²) in [4.78, 5) is 29.5. The van der Waals surface area contributed by atoms with Gasteiger partial charge >= 0.3 is 0 Å². The van der Waals surface area contributed by atoms with Gasteiger partial charge in [0.1, 0.15) is 12.0 Å². The number of oxazole rings is 1. The molecule has 7 heteroatoms. The number of nitrogens with zero attached hydrogens (tertiary/aromatic N) is 2. The summed E-state index contributed by atoms with van der Waals surface area (Å²) < 4.78 is 6.05. The summed E-state index contributed by atoms with van der Waals surface area (Å²) in [6, 6.07) is 25.2. The summed E-state index contributed by atoms with van der Waals surface area (Å²) in [6.45, 7) is 1.82. The fraction of sp³-hybridized carbons (Fsp3) is 0.207. The van der Waals surface area contributed by atoms with Crippen molar-refractivity contribution in [3.8, 4) is 0 Å². The molecule has 7 nitrogen and oxygen atoms in total. The van der Waals surface area contributed by atoms with E-state index in [0.29, 0.717) is 54.1 Å². The summed E-state index contributed by atoms with van der Waals surface area (Å²) in [6.07, 6.45) is 3.01. The van der Waals surface area contributed by atoms with Crippen LogP contribution in [0.5, 0.6) is 0 Å². The van der Waals surface area contributed by atoms with Gasteiger partial charge in [0.25, 0.3) is 5.91 Å². The molecule has 184 valence electrons. The molecule has 0 bridgehead atoms. The fourth-order valence-electron chi connectivity index (χ4n) is 3.95. The van der Waals surface area contributed by atoms with E-state index < -0.39 is 5.60 Å². The van der Waals surface area contributed by atoms with Crippen molar-refractivity contribution in [2.45, 2.75) is 12.0 Å². The third kappa shape index (κ3) is 5.76. The Morgan fingerprint density at radius 2 is 1.58 bits per heavy atom. The topological polar surface area (TPSA) is 95.7 Å². The first-order chi connectivity index (χ1) is 17.5. The van der Waals surface area contributed by atoms with E-state index in [0.717, 1.165) is 6.29 Å². The van der Waals surface area contributed by atoms with Crippen molar-refractivity contribution in [3.63, 3.8) is 0 Å². The molecule has 36 heavy (non-hydrogen) atoms. The number of hydrogen-bond donors (Lipinski definition) is 2. The van der Waals surface area contributed by atoms with Crippen LogP contribution in [0.1, 0.15) is 43.5 Å². The molecule has 4 rings (SSSR count). The molecule has 0 unspecified atom stereocenters. The van der Waals surface area contributed by atoms with E-state index in [2.05, 4.69) is 15.2 Å². The number of rotatable bonds is 11. The number of carbonyl (C=O) groups is 2. The van der Waals surface area contributed by atoms with Gasteiger partial charge in [0, 0.05) is 37.2 Å². The van der Waals surface area contributed by atoms with Crippen molar-refractivity contribution in [2.75, 3.05) is 26.7 Å². The number of aliphatic hydroxyl groups is 1. The Labute approximate surface area is 210 Å². The van der Waals surface area contributed by atoms with E-state index >= 15 is 0 Å². The molecule has 1 heterocycles. The number of carbonyl (C=O) groups excluding carboxylic acids is 2. The molecule has 1 amide bonds. The molecule has 0 spiro atoms. The number of amides is 1. The molecule has 2 N–H and O–H groups in total. The van der Waals surface area contributed by atoms with Crippen molar-refractivity contribution in [1.29, 1.82) is 0 Å². The first kappa shape index (κ1) is 25.0. The van der Waals surface area contributed by atoms with Crippen LogP contribution in [0.3, 0.4) is 0 Å². The zero-order valence-electron chi connectivity index (χ0n) is 20.1. The second kappa shape index (κ2) is 11.6. The molecule has 0 aliphatic carbocycles. The highest BCUT2D eigenvalue weighted by atomic mass is 16.4. The number of aromatic nitrogens is 1. The second-order valence-electron chi connectivity index (χ2n) is 8.62. The first-order valence-corrected chi connectivity index (χ1v) is 11.8. The van der Waals surface area contributed by atoms with Crippen molar-refractivity contribution in [1.82, 2.24) is 15.2 Å². The lowest BCUT2D eigenvalue weighted by Crippen LogP contribution is -2.33. The monoisotopic (exact) mass is 483 g/mol. The van der Waals surface area contributed by atoms with Crippen LogP contribution < -0.4 is 5.32 Å². The minimum Gasteiger partial charge on any atom is -0.442 e. The van der Waals surface area contributed by atoms with Gasteiger partial charge in [-0.15, -0.1) is 0 Å². The summed E-state index contributed by atoms with van der Waals surface area (Å²) in [5, 5.41) is 14.7. The first-order valence-electron chi connectivity index (χ1n) is 11.8. The largest absolute Gasteiger partial charge is 0.442 e. The van der Waals surface area contributed by atoms with E-state index in [1.807, 2.05) is 67.7 Å². The molecule has 0 atom stereocenters. The minimum absolute atomic E-state index is 0.179. The van der Waals surface area contributed by atoms with Crippen LogP contribution in [0.25, 0.3) is 0 Å². The number of benzene rings is 3. The lowest BCUT2D eigenvalue weighted by atomic mass is 9.86. The highest BCUT2D eigenvalue weighted by molar-refractivity contribution is 5.94. The second-order valence-corrected chi connectivity index (χ2v) is 8.62. The van der Waals surface area contributed by atoms with Gasteiger partial charge < -0.3 is 19.7 Å². The van der Waals surface area contributed by atoms with Gasteiger partial charge in [0.05, 0.1) is 6.20 Å². The summed E-state index contributed by atoms with van der Waals surface area (Å²) in [5.41, 5.74) is 0.909. The van der Waals surface area contributed by atoms with Gasteiger partial charge in [0.15, 0.2) is 5.60 Å². The Morgan fingerprint density at radius 3 is 2.17 bits per heavy atom. The fourth-order valence-corrected chi connectivity index (χ4v) is 3.95. The Balaban J connectivity index is 1.34. The molecule has 0 fully saturated rings. The molecule has 0 saturated heterocycles. The van der Waals surface area contributed by atoms with E-state index in [-0.39, 0.29) is 11.8 Å². The standard InChI is InChI=1S/C29H29N3O4/c1-32(19-17-30-27(34)23-14-12-22(21-33)13-15-23)18-16-26-20-31-28(36-26)29(35,24-8-4-2-5-9-24)25-10-6-3-7-11-25/h2-15,20-21,35H,16-19H2,1H3,(H,30,34). The predicted octanol–water partition coefficient (Wildman–Crippen LogP) is 3.68. The molecule has 0 saturated carbocycles. The molecule has 0 radical (unpaired) electrons. The van der Waals surface area contributed by atoms with Crippen LogP contribution in [0.15, 0.2) is 95.5 Å². The van der Waals surface area contributed by atoms with E-state index in [4.69, 9.17) is 4.42 Å². The molecule has 1 aromatic heterocycles. The van der Waals surface area contributed by atoms with Gasteiger partial charge in [0.2, 0.25) is 5.89 Å². The number of likely N-dealkylation sites (N-methyl/N-ethyl adjacent to an activating group) is 1. The number of hydrogen-bond acceptors (Lipinski definition) is 6. The van der Waals surface area contributed by atoms with Gasteiger partial charge in [-0.3, -0.25) is 9.59 Å². The van der Waals surface area contributed by atoms with Crippen molar-refractivity contribution in [3.05, 3.63) is 125 Å². The zero-order valence-corrected chi connectivity index (χ0v) is 20.1. The summed E-state index contributed by atoms with van der Waals surface area (Å²) >= 11 is 0. The minimum atomic E-state index is -1.50. The molecule has 0 aliphatic rings. The smallest absolute Gasteiger partial charge is 0.251 e. The molecular formula is C29H29N3O4. The lowest BCUT2D eigenvalue weighted by molar-refractivity contribution is 0.0911. The van der Waals surface area contributed by atoms with Crippen LogP contribution in [0.4, 0.5) is 0 Å². The average molecular weight is 484 g/mol. The van der Waals surface area contributed by atoms with Gasteiger partial charge in [-0.05, 0) is 30.3 Å². The van der Waals surface area contributed by atoms with E-state index in [1.165, 1.54) is 0 Å². The lowest BCUT2D eigenvalue weighted by Gasteiger charge is -2.26. The van der Waals surface area contributed by atoms with Crippen molar-refractivity contribution >= 4 is 12.2 Å². The summed E-state index contributed by atoms with van der Waals surface area (Å²) in [5.74, 6) is 0.716. The zero-order chi connectivity index (χ0) is 25.4. The highest BCUT2D eigenvalue weighted by Crippen LogP contribution is 2.36. The van der Waals surface area contributed by atoms with Crippen molar-refractivity contribution < 1.29 is 19.1 Å². The van der Waals surface area contributed by atoms with Crippen LogP contribution >= 0.6 is 0 Å². The molecule has 3 aromatic carbocycles. The molecule has 4 aromatic rings. The maximum absolute atomic E-state index is 12.3. The molecular weight excluding hydrogens is 454 g/mol. The van der Waals surface area contributed by atoms with E-state index in [1.54, 1.807) is 30.5 Å². The van der Waals surface area contributed by atoms with Crippen LogP contribution in [0, 0.1) is 0 Å². The third-order valence-electron chi connectivity index (χ3n) is 6.07. The average Bonchev–Trinajstić information content (AvgIpc) is 3.42. The van der Waals surface area contributed by atoms with Gasteiger partial charge in [-0.25, -0.2) is 4.98 Å². The van der Waals surface area contributed by atoms with Crippen LogP contribution in [-0.2, 0) is 12.0 Å². The SMILES string of the molecule is CN(CCNC(=O)c1ccc(C=O)cc1)CCc1cnc(C(O)(c2ccccc2)c2ccccc2)o1. The normalized spacial score (nSPS) is 11.4. The maximum Gasteiger partial charge on any atom is 0.251 e. The predicted molar refractivity (Wildman–Crippen MR) is 137 cm³/mol. The number of nitrogens with one attached hydrogen (secondary N) is 1. The van der Waals surface area contributed by atoms with Crippen molar-refractivity contribution in [2.24, 2.45) is 0 Å².